The summed E-state index contributed by atoms with van der Waals surface area (Å²) in [5.74, 6) is -0.0995. The molecule has 4 heteroatoms. The standard InChI is InChI=1S/C15H16O4/c1-7-3-4-10-13(19-14(17)15(10)6-18-15)12-8(2)11(16)5-9(7)12/h9-10,12-13H,1-6H2/t9-,10+,12-,13-,15-/m0/s1. The molecule has 0 amide bonds. The first-order chi connectivity index (χ1) is 9.04. The normalized spacial score (nSPS) is 48.0. The van der Waals surface area contributed by atoms with Gasteiger partial charge in [-0.1, -0.05) is 18.7 Å². The zero-order valence-electron chi connectivity index (χ0n) is 10.7. The fourth-order valence-electron chi connectivity index (χ4n) is 4.09. The number of allylic oxidation sites excluding steroid dienone is 1. The third-order valence-electron chi connectivity index (χ3n) is 5.29. The molecular weight excluding hydrogens is 244 g/mol. The van der Waals surface area contributed by atoms with Gasteiger partial charge in [-0.15, -0.1) is 0 Å². The Morgan fingerprint density at radius 1 is 1.26 bits per heavy atom. The van der Waals surface area contributed by atoms with Crippen molar-refractivity contribution in [1.29, 1.82) is 0 Å². The molecule has 4 fully saturated rings. The van der Waals surface area contributed by atoms with E-state index in [-0.39, 0.29) is 35.6 Å². The van der Waals surface area contributed by atoms with Crippen LogP contribution in [0.25, 0.3) is 0 Å². The maximum absolute atomic E-state index is 12.0. The van der Waals surface area contributed by atoms with Gasteiger partial charge in [-0.25, -0.2) is 4.79 Å². The topological polar surface area (TPSA) is 55.9 Å². The van der Waals surface area contributed by atoms with Gasteiger partial charge in [-0.05, 0) is 24.3 Å². The Morgan fingerprint density at radius 2 is 2.00 bits per heavy atom. The lowest BCUT2D eigenvalue weighted by molar-refractivity contribution is -0.146. The molecule has 0 bridgehead atoms. The van der Waals surface area contributed by atoms with Crippen molar-refractivity contribution in [3.8, 4) is 0 Å². The summed E-state index contributed by atoms with van der Waals surface area (Å²) in [5.41, 5.74) is 0.984. The highest BCUT2D eigenvalue weighted by molar-refractivity contribution is 5.99. The number of carbonyl (C=O) groups excluding carboxylic acids is 2. The van der Waals surface area contributed by atoms with Gasteiger partial charge >= 0.3 is 5.97 Å². The van der Waals surface area contributed by atoms with Gasteiger partial charge in [-0.2, -0.15) is 0 Å². The van der Waals surface area contributed by atoms with E-state index < -0.39 is 5.60 Å². The number of ketones is 1. The maximum atomic E-state index is 12.0. The molecule has 2 heterocycles. The molecular formula is C15H16O4. The quantitative estimate of drug-likeness (QED) is 0.286. The van der Waals surface area contributed by atoms with E-state index in [4.69, 9.17) is 9.47 Å². The Bertz CT molecular complexity index is 528. The number of hydrogen-bond donors (Lipinski definition) is 0. The van der Waals surface area contributed by atoms with Gasteiger partial charge in [0.15, 0.2) is 11.4 Å². The van der Waals surface area contributed by atoms with Crippen LogP contribution in [0, 0.1) is 17.8 Å². The molecule has 4 aliphatic rings. The van der Waals surface area contributed by atoms with Crippen LogP contribution in [0.4, 0.5) is 0 Å². The monoisotopic (exact) mass is 260 g/mol. The summed E-state index contributed by atoms with van der Waals surface area (Å²) < 4.78 is 11.0. The molecule has 2 saturated heterocycles. The van der Waals surface area contributed by atoms with Crippen LogP contribution in [0.1, 0.15) is 19.3 Å². The van der Waals surface area contributed by atoms with Crippen molar-refractivity contribution in [3.63, 3.8) is 0 Å². The predicted molar refractivity (Wildman–Crippen MR) is 66.2 cm³/mol. The molecule has 2 aliphatic carbocycles. The van der Waals surface area contributed by atoms with E-state index in [0.717, 1.165) is 18.4 Å². The molecule has 1 spiro atoms. The van der Waals surface area contributed by atoms with Crippen molar-refractivity contribution in [3.05, 3.63) is 24.3 Å². The molecule has 0 aromatic rings. The van der Waals surface area contributed by atoms with E-state index in [1.165, 1.54) is 0 Å². The second-order valence-corrected chi connectivity index (χ2v) is 6.14. The summed E-state index contributed by atoms with van der Waals surface area (Å²) in [7, 11) is 0. The van der Waals surface area contributed by atoms with E-state index in [1.807, 2.05) is 0 Å². The molecule has 0 unspecified atom stereocenters. The lowest BCUT2D eigenvalue weighted by Crippen LogP contribution is -2.33. The van der Waals surface area contributed by atoms with Crippen molar-refractivity contribution in [2.24, 2.45) is 17.8 Å². The van der Waals surface area contributed by atoms with Crippen molar-refractivity contribution in [2.45, 2.75) is 31.0 Å². The van der Waals surface area contributed by atoms with Crippen LogP contribution >= 0.6 is 0 Å². The molecule has 100 valence electrons. The number of esters is 1. The predicted octanol–water partition coefficient (Wildman–Crippen LogP) is 1.41. The van der Waals surface area contributed by atoms with Crippen LogP contribution in [0.5, 0.6) is 0 Å². The molecule has 0 radical (unpaired) electrons. The third kappa shape index (κ3) is 1.27. The number of Topliss-reactive ketones (excluding diaryl/α,β-unsaturated/α-hetero) is 1. The molecule has 19 heavy (non-hydrogen) atoms. The second kappa shape index (κ2) is 3.37. The molecule has 4 rings (SSSR count). The number of epoxide rings is 1. The number of ether oxygens (including phenoxy) is 2. The zero-order chi connectivity index (χ0) is 13.4. The van der Waals surface area contributed by atoms with Crippen LogP contribution < -0.4 is 0 Å². The van der Waals surface area contributed by atoms with Gasteiger partial charge in [0, 0.05) is 18.3 Å². The summed E-state index contributed by atoms with van der Waals surface area (Å²) in [6.45, 7) is 8.51. The highest BCUT2D eigenvalue weighted by Gasteiger charge is 2.69. The fraction of sp³-hybridized carbons (Fsp3) is 0.600. The SMILES string of the molecule is C=C1C(=O)C[C@H]2C(=C)CC[C@@H]3[C@H](OC(=O)[C@]34CO4)[C@@H]12. The summed E-state index contributed by atoms with van der Waals surface area (Å²) in [6.07, 6.45) is 1.91. The zero-order valence-corrected chi connectivity index (χ0v) is 10.7. The van der Waals surface area contributed by atoms with Gasteiger partial charge < -0.3 is 9.47 Å². The molecule has 0 N–H and O–H groups in total. The molecule has 0 aromatic heterocycles. The van der Waals surface area contributed by atoms with Crippen LogP contribution in [0.2, 0.25) is 0 Å². The van der Waals surface area contributed by atoms with Crippen molar-refractivity contribution >= 4 is 11.8 Å². The average Bonchev–Trinajstić information content (AvgIpc) is 3.07. The van der Waals surface area contributed by atoms with Crippen LogP contribution in [-0.2, 0) is 19.1 Å². The Kier molecular flexibility index (Phi) is 2.02. The summed E-state index contributed by atoms with van der Waals surface area (Å²) >= 11 is 0. The Hall–Kier alpha value is -1.42. The first-order valence-corrected chi connectivity index (χ1v) is 6.79. The molecule has 5 atom stereocenters. The maximum Gasteiger partial charge on any atom is 0.341 e. The Morgan fingerprint density at radius 3 is 2.68 bits per heavy atom. The van der Waals surface area contributed by atoms with Gasteiger partial charge in [0.2, 0.25) is 0 Å². The van der Waals surface area contributed by atoms with Gasteiger partial charge in [0.25, 0.3) is 0 Å². The number of rotatable bonds is 0. The minimum atomic E-state index is -0.717. The Balaban J connectivity index is 1.78. The fourth-order valence-corrected chi connectivity index (χ4v) is 4.09. The summed E-state index contributed by atoms with van der Waals surface area (Å²) in [5, 5.41) is 0. The number of fused-ring (bicyclic) bond motifs is 4. The van der Waals surface area contributed by atoms with Crippen molar-refractivity contribution in [1.82, 2.24) is 0 Å². The van der Waals surface area contributed by atoms with E-state index in [0.29, 0.717) is 18.6 Å². The summed E-state index contributed by atoms with van der Waals surface area (Å²) in [4.78, 5) is 23.9. The molecule has 0 aromatic carbocycles. The largest absolute Gasteiger partial charge is 0.459 e. The number of carbonyl (C=O) groups is 2. The van der Waals surface area contributed by atoms with Crippen LogP contribution in [0.3, 0.4) is 0 Å². The Labute approximate surface area is 111 Å². The van der Waals surface area contributed by atoms with Crippen molar-refractivity contribution < 1.29 is 19.1 Å². The number of hydrogen-bond acceptors (Lipinski definition) is 4. The van der Waals surface area contributed by atoms with Gasteiger partial charge in [0.1, 0.15) is 6.10 Å². The minimum Gasteiger partial charge on any atom is -0.459 e. The van der Waals surface area contributed by atoms with Crippen LogP contribution in [0.15, 0.2) is 24.3 Å². The third-order valence-corrected chi connectivity index (χ3v) is 5.29. The molecule has 4 nitrogen and oxygen atoms in total. The average molecular weight is 260 g/mol. The van der Waals surface area contributed by atoms with Crippen molar-refractivity contribution in [2.75, 3.05) is 6.61 Å². The molecule has 2 saturated carbocycles. The highest BCUT2D eigenvalue weighted by Crippen LogP contribution is 2.56. The van der Waals surface area contributed by atoms with E-state index in [9.17, 15) is 9.59 Å². The summed E-state index contributed by atoms with van der Waals surface area (Å²) in [6, 6.07) is 0. The highest BCUT2D eigenvalue weighted by atomic mass is 16.7. The first kappa shape index (κ1) is 11.4. The van der Waals surface area contributed by atoms with Gasteiger partial charge in [-0.3, -0.25) is 4.79 Å². The van der Waals surface area contributed by atoms with Gasteiger partial charge in [0.05, 0.1) is 6.61 Å². The smallest absolute Gasteiger partial charge is 0.341 e. The van der Waals surface area contributed by atoms with E-state index >= 15 is 0 Å². The van der Waals surface area contributed by atoms with Crippen LogP contribution in [-0.4, -0.2) is 30.1 Å². The second-order valence-electron chi connectivity index (χ2n) is 6.14. The molecule has 2 aliphatic heterocycles. The van der Waals surface area contributed by atoms with E-state index in [2.05, 4.69) is 13.2 Å². The lowest BCUT2D eigenvalue weighted by Gasteiger charge is -2.25. The van der Waals surface area contributed by atoms with E-state index in [1.54, 1.807) is 0 Å². The minimum absolute atomic E-state index is 0.0504. The lowest BCUT2D eigenvalue weighted by atomic mass is 9.80. The first-order valence-electron chi connectivity index (χ1n) is 6.79.